The molecule has 0 spiro atoms. The van der Waals surface area contributed by atoms with Gasteiger partial charge in [0.1, 0.15) is 5.15 Å². The summed E-state index contributed by atoms with van der Waals surface area (Å²) in [5.74, 6) is 0. The first-order valence-electron chi connectivity index (χ1n) is 6.32. The van der Waals surface area contributed by atoms with Gasteiger partial charge < -0.3 is 0 Å². The standard InChI is InChI=1S/C16H11Cl2N3/c17-13-5-7-14(8-6-13)21-19-10-12-9-11-3-1-2-4-15(11)20-16(12)18/h1-10,21H/b19-10+. The van der Waals surface area contributed by atoms with Gasteiger partial charge in [-0.3, -0.25) is 5.43 Å². The maximum Gasteiger partial charge on any atom is 0.138 e. The van der Waals surface area contributed by atoms with Crippen molar-refractivity contribution in [2.24, 2.45) is 5.10 Å². The molecule has 0 saturated carbocycles. The predicted octanol–water partition coefficient (Wildman–Crippen LogP) is 4.99. The molecule has 0 amide bonds. The van der Waals surface area contributed by atoms with Gasteiger partial charge in [0.05, 0.1) is 17.4 Å². The molecule has 0 radical (unpaired) electrons. The van der Waals surface area contributed by atoms with Crippen LogP contribution in [-0.4, -0.2) is 11.2 Å². The molecule has 1 heterocycles. The number of rotatable bonds is 3. The zero-order chi connectivity index (χ0) is 14.7. The molecule has 0 bridgehead atoms. The van der Waals surface area contributed by atoms with Crippen molar-refractivity contribution in [2.75, 3.05) is 5.43 Å². The summed E-state index contributed by atoms with van der Waals surface area (Å²) in [6, 6.07) is 17.1. The smallest absolute Gasteiger partial charge is 0.138 e. The normalized spacial score (nSPS) is 11.1. The Hall–Kier alpha value is -2.10. The summed E-state index contributed by atoms with van der Waals surface area (Å²) in [6.07, 6.45) is 1.65. The summed E-state index contributed by atoms with van der Waals surface area (Å²) in [7, 11) is 0. The van der Waals surface area contributed by atoms with E-state index in [2.05, 4.69) is 15.5 Å². The van der Waals surface area contributed by atoms with E-state index in [4.69, 9.17) is 23.2 Å². The van der Waals surface area contributed by atoms with Crippen LogP contribution in [0.15, 0.2) is 59.7 Å². The number of hydrogen-bond donors (Lipinski definition) is 1. The molecule has 2 aromatic carbocycles. The average molecular weight is 316 g/mol. The van der Waals surface area contributed by atoms with Gasteiger partial charge in [-0.2, -0.15) is 5.10 Å². The first-order valence-corrected chi connectivity index (χ1v) is 7.08. The Morgan fingerprint density at radius 3 is 2.57 bits per heavy atom. The van der Waals surface area contributed by atoms with Crippen LogP contribution in [0.3, 0.4) is 0 Å². The van der Waals surface area contributed by atoms with Gasteiger partial charge in [0.2, 0.25) is 0 Å². The molecule has 1 aromatic heterocycles. The Bertz CT molecular complexity index is 798. The van der Waals surface area contributed by atoms with Crippen LogP contribution in [0.2, 0.25) is 10.2 Å². The van der Waals surface area contributed by atoms with Crippen molar-refractivity contribution >= 4 is 46.0 Å². The van der Waals surface area contributed by atoms with Crippen LogP contribution in [-0.2, 0) is 0 Å². The minimum absolute atomic E-state index is 0.426. The third kappa shape index (κ3) is 3.32. The number of aromatic nitrogens is 1. The molecule has 0 aliphatic heterocycles. The number of benzene rings is 2. The van der Waals surface area contributed by atoms with Crippen molar-refractivity contribution in [3.8, 4) is 0 Å². The van der Waals surface area contributed by atoms with Gasteiger partial charge in [-0.05, 0) is 36.4 Å². The van der Waals surface area contributed by atoms with E-state index in [1.807, 2.05) is 42.5 Å². The Morgan fingerprint density at radius 1 is 1.00 bits per heavy atom. The number of pyridine rings is 1. The molecule has 1 N–H and O–H groups in total. The largest absolute Gasteiger partial charge is 0.279 e. The summed E-state index contributed by atoms with van der Waals surface area (Å²) in [6.45, 7) is 0. The fourth-order valence-electron chi connectivity index (χ4n) is 1.90. The molecule has 0 aliphatic carbocycles. The van der Waals surface area contributed by atoms with Gasteiger partial charge >= 0.3 is 0 Å². The molecule has 0 atom stereocenters. The van der Waals surface area contributed by atoms with Crippen LogP contribution >= 0.6 is 23.2 Å². The zero-order valence-electron chi connectivity index (χ0n) is 10.9. The number of anilines is 1. The summed E-state index contributed by atoms with van der Waals surface area (Å²) in [4.78, 5) is 4.34. The summed E-state index contributed by atoms with van der Waals surface area (Å²) < 4.78 is 0. The van der Waals surface area contributed by atoms with Crippen LogP contribution < -0.4 is 5.43 Å². The highest BCUT2D eigenvalue weighted by Crippen LogP contribution is 2.19. The molecule has 0 aliphatic rings. The van der Waals surface area contributed by atoms with Gasteiger partial charge in [0.25, 0.3) is 0 Å². The summed E-state index contributed by atoms with van der Waals surface area (Å²) in [5.41, 5.74) is 5.39. The molecular formula is C16H11Cl2N3. The van der Waals surface area contributed by atoms with Gasteiger partial charge in [0.15, 0.2) is 0 Å². The number of para-hydroxylation sites is 1. The molecule has 3 nitrogen and oxygen atoms in total. The van der Waals surface area contributed by atoms with Crippen molar-refractivity contribution in [2.45, 2.75) is 0 Å². The second-order valence-electron chi connectivity index (χ2n) is 4.44. The highest BCUT2D eigenvalue weighted by molar-refractivity contribution is 6.32. The zero-order valence-corrected chi connectivity index (χ0v) is 12.4. The predicted molar refractivity (Wildman–Crippen MR) is 89.4 cm³/mol. The number of nitrogens with one attached hydrogen (secondary N) is 1. The molecule has 0 unspecified atom stereocenters. The third-order valence-electron chi connectivity index (χ3n) is 2.95. The fourth-order valence-corrected chi connectivity index (χ4v) is 2.22. The lowest BCUT2D eigenvalue weighted by atomic mass is 10.2. The van der Waals surface area contributed by atoms with E-state index < -0.39 is 0 Å². The number of fused-ring (bicyclic) bond motifs is 1. The summed E-state index contributed by atoms with van der Waals surface area (Å²) >= 11 is 12.0. The van der Waals surface area contributed by atoms with Gasteiger partial charge in [-0.25, -0.2) is 4.98 Å². The van der Waals surface area contributed by atoms with Crippen molar-refractivity contribution in [3.63, 3.8) is 0 Å². The summed E-state index contributed by atoms with van der Waals surface area (Å²) in [5, 5.41) is 6.30. The average Bonchev–Trinajstić information content (AvgIpc) is 2.50. The minimum atomic E-state index is 0.426. The van der Waals surface area contributed by atoms with Crippen molar-refractivity contribution in [3.05, 3.63) is 70.3 Å². The quantitative estimate of drug-likeness (QED) is 0.420. The lowest BCUT2D eigenvalue weighted by Gasteiger charge is -2.02. The van der Waals surface area contributed by atoms with E-state index in [1.165, 1.54) is 0 Å². The highest BCUT2D eigenvalue weighted by Gasteiger charge is 2.02. The lowest BCUT2D eigenvalue weighted by Crippen LogP contribution is -1.93. The van der Waals surface area contributed by atoms with E-state index in [0.717, 1.165) is 22.2 Å². The van der Waals surface area contributed by atoms with Gasteiger partial charge in [0, 0.05) is 16.0 Å². The van der Waals surface area contributed by atoms with Crippen molar-refractivity contribution < 1.29 is 0 Å². The second kappa shape index (κ2) is 6.12. The molecule has 21 heavy (non-hydrogen) atoms. The van der Waals surface area contributed by atoms with Gasteiger partial charge in [-0.1, -0.05) is 41.4 Å². The number of hydrogen-bond acceptors (Lipinski definition) is 3. The topological polar surface area (TPSA) is 37.3 Å². The van der Waals surface area contributed by atoms with Crippen molar-refractivity contribution in [1.82, 2.24) is 4.98 Å². The minimum Gasteiger partial charge on any atom is -0.279 e. The SMILES string of the molecule is Clc1ccc(N/N=C/c2cc3ccccc3nc2Cl)cc1. The van der Waals surface area contributed by atoms with E-state index in [0.29, 0.717) is 10.2 Å². The Morgan fingerprint density at radius 2 is 1.76 bits per heavy atom. The first kappa shape index (κ1) is 13.9. The van der Waals surface area contributed by atoms with E-state index in [9.17, 15) is 0 Å². The highest BCUT2D eigenvalue weighted by atomic mass is 35.5. The molecule has 0 fully saturated rings. The maximum atomic E-state index is 6.16. The number of hydrazone groups is 1. The first-order chi connectivity index (χ1) is 10.2. The third-order valence-corrected chi connectivity index (χ3v) is 3.50. The number of nitrogens with zero attached hydrogens (tertiary/aromatic N) is 2. The lowest BCUT2D eigenvalue weighted by molar-refractivity contribution is 1.34. The fraction of sp³-hybridized carbons (Fsp3) is 0. The van der Waals surface area contributed by atoms with E-state index in [-0.39, 0.29) is 0 Å². The Kier molecular flexibility index (Phi) is 4.04. The molecule has 3 aromatic rings. The van der Waals surface area contributed by atoms with Crippen LogP contribution in [0, 0.1) is 0 Å². The molecule has 3 rings (SSSR count). The monoisotopic (exact) mass is 315 g/mol. The van der Waals surface area contributed by atoms with Crippen LogP contribution in [0.25, 0.3) is 10.9 Å². The Balaban J connectivity index is 1.82. The number of halogens is 2. The second-order valence-corrected chi connectivity index (χ2v) is 5.23. The molecular weight excluding hydrogens is 305 g/mol. The van der Waals surface area contributed by atoms with E-state index in [1.54, 1.807) is 18.3 Å². The van der Waals surface area contributed by atoms with E-state index >= 15 is 0 Å². The Labute approximate surface area is 132 Å². The van der Waals surface area contributed by atoms with Crippen molar-refractivity contribution in [1.29, 1.82) is 0 Å². The van der Waals surface area contributed by atoms with Crippen LogP contribution in [0.5, 0.6) is 0 Å². The van der Waals surface area contributed by atoms with Gasteiger partial charge in [-0.15, -0.1) is 0 Å². The maximum absolute atomic E-state index is 6.16. The van der Waals surface area contributed by atoms with Crippen LogP contribution in [0.1, 0.15) is 5.56 Å². The van der Waals surface area contributed by atoms with Crippen LogP contribution in [0.4, 0.5) is 5.69 Å². The molecule has 104 valence electrons. The molecule has 5 heteroatoms. The molecule has 0 saturated heterocycles.